The molecular weight excluding hydrogens is 288 g/mol. The van der Waals surface area contributed by atoms with E-state index in [0.29, 0.717) is 5.56 Å². The van der Waals surface area contributed by atoms with E-state index < -0.39 is 0 Å². The fraction of sp³-hybridized carbons (Fsp3) is 0.562. The zero-order chi connectivity index (χ0) is 14.4. The average Bonchev–Trinajstić information content (AvgIpc) is 2.48. The summed E-state index contributed by atoms with van der Waals surface area (Å²) in [6, 6.07) is 7.70. The van der Waals surface area contributed by atoms with E-state index in [9.17, 15) is 4.79 Å². The number of rotatable bonds is 5. The lowest BCUT2D eigenvalue weighted by atomic mass is 9.94. The molecule has 0 aromatic heterocycles. The summed E-state index contributed by atoms with van der Waals surface area (Å²) in [5, 5.41) is 0. The number of hydrogen-bond donors (Lipinski definition) is 1. The van der Waals surface area contributed by atoms with Crippen molar-refractivity contribution in [3.8, 4) is 0 Å². The monoisotopic (exact) mass is 312 g/mol. The minimum atomic E-state index is -0.280. The number of ether oxygens (including phenoxy) is 1. The van der Waals surface area contributed by atoms with Gasteiger partial charge in [0, 0.05) is 13.1 Å². The lowest BCUT2D eigenvalue weighted by Gasteiger charge is -2.32. The number of carbonyl (C=O) groups is 1. The Morgan fingerprint density at radius 3 is 2.71 bits per heavy atom. The summed E-state index contributed by atoms with van der Waals surface area (Å²) >= 11 is 0. The third-order valence-corrected chi connectivity index (χ3v) is 3.96. The van der Waals surface area contributed by atoms with Crippen LogP contribution in [0.2, 0.25) is 0 Å². The first-order valence-electron chi connectivity index (χ1n) is 7.32. The van der Waals surface area contributed by atoms with Crippen molar-refractivity contribution in [3.05, 3.63) is 35.4 Å². The highest BCUT2D eigenvalue weighted by atomic mass is 35.5. The lowest BCUT2D eigenvalue weighted by Crippen LogP contribution is -2.35. The molecule has 1 aromatic carbocycles. The Balaban J connectivity index is 0.00000220. The molecular formula is C16H25ClN2O2. The molecule has 1 atom stereocenters. The molecule has 5 heteroatoms. The first-order chi connectivity index (χ1) is 9.72. The van der Waals surface area contributed by atoms with Gasteiger partial charge in [0.2, 0.25) is 0 Å². The summed E-state index contributed by atoms with van der Waals surface area (Å²) in [5.74, 6) is 0.459. The molecule has 0 radical (unpaired) electrons. The lowest BCUT2D eigenvalue weighted by molar-refractivity contribution is 0.0600. The number of likely N-dealkylation sites (tertiary alicyclic amines) is 1. The highest BCUT2D eigenvalue weighted by molar-refractivity contribution is 5.89. The average molecular weight is 313 g/mol. The van der Waals surface area contributed by atoms with E-state index in [-0.39, 0.29) is 18.4 Å². The van der Waals surface area contributed by atoms with E-state index in [2.05, 4.69) is 4.90 Å². The molecule has 1 aromatic rings. The summed E-state index contributed by atoms with van der Waals surface area (Å²) in [4.78, 5) is 13.9. The third-order valence-electron chi connectivity index (χ3n) is 3.96. The van der Waals surface area contributed by atoms with Crippen LogP contribution in [0.15, 0.2) is 24.3 Å². The Labute approximate surface area is 133 Å². The van der Waals surface area contributed by atoms with Crippen LogP contribution < -0.4 is 5.73 Å². The zero-order valence-corrected chi connectivity index (χ0v) is 13.4. The van der Waals surface area contributed by atoms with Crippen molar-refractivity contribution >= 4 is 18.4 Å². The molecule has 1 saturated heterocycles. The molecule has 118 valence electrons. The molecule has 0 aliphatic carbocycles. The number of methoxy groups -OCH3 is 1. The Morgan fingerprint density at radius 1 is 1.38 bits per heavy atom. The van der Waals surface area contributed by atoms with Crippen molar-refractivity contribution in [2.75, 3.05) is 26.7 Å². The van der Waals surface area contributed by atoms with Crippen LogP contribution in [0.3, 0.4) is 0 Å². The summed E-state index contributed by atoms with van der Waals surface area (Å²) in [6.45, 7) is 4.02. The van der Waals surface area contributed by atoms with E-state index >= 15 is 0 Å². The summed E-state index contributed by atoms with van der Waals surface area (Å²) in [7, 11) is 1.40. The van der Waals surface area contributed by atoms with Gasteiger partial charge in [-0.2, -0.15) is 0 Å². The predicted molar refractivity (Wildman–Crippen MR) is 86.7 cm³/mol. The van der Waals surface area contributed by atoms with Crippen LogP contribution in [0.25, 0.3) is 0 Å². The first kappa shape index (κ1) is 18.0. The van der Waals surface area contributed by atoms with Gasteiger partial charge in [0.15, 0.2) is 0 Å². The van der Waals surface area contributed by atoms with E-state index in [1.54, 1.807) is 0 Å². The molecule has 2 N–H and O–H groups in total. The molecule has 21 heavy (non-hydrogen) atoms. The van der Waals surface area contributed by atoms with Gasteiger partial charge in [-0.15, -0.1) is 12.4 Å². The molecule has 1 unspecified atom stereocenters. The molecule has 0 saturated carbocycles. The maximum atomic E-state index is 11.4. The molecule has 1 aliphatic rings. The van der Waals surface area contributed by atoms with Crippen molar-refractivity contribution in [3.63, 3.8) is 0 Å². The predicted octanol–water partition coefficient (Wildman–Crippen LogP) is 2.46. The van der Waals surface area contributed by atoms with Crippen LogP contribution in [0.1, 0.15) is 35.2 Å². The second kappa shape index (κ2) is 9.03. The number of hydrogen-bond acceptors (Lipinski definition) is 4. The van der Waals surface area contributed by atoms with Gasteiger partial charge in [0.25, 0.3) is 0 Å². The number of halogens is 1. The number of esters is 1. The SMILES string of the molecule is COC(=O)c1ccc(CN2CCCC(CCN)C2)cc1.Cl. The molecule has 4 nitrogen and oxygen atoms in total. The second-order valence-electron chi connectivity index (χ2n) is 5.51. The second-order valence-corrected chi connectivity index (χ2v) is 5.51. The summed E-state index contributed by atoms with van der Waals surface area (Å²) in [5.41, 5.74) is 7.50. The largest absolute Gasteiger partial charge is 0.465 e. The highest BCUT2D eigenvalue weighted by Crippen LogP contribution is 2.20. The zero-order valence-electron chi connectivity index (χ0n) is 12.6. The topological polar surface area (TPSA) is 55.6 Å². The van der Waals surface area contributed by atoms with Gasteiger partial charge < -0.3 is 10.5 Å². The fourth-order valence-electron chi connectivity index (χ4n) is 2.89. The molecule has 0 bridgehead atoms. The Kier molecular flexibility index (Phi) is 7.72. The van der Waals surface area contributed by atoms with Crippen LogP contribution in [0, 0.1) is 5.92 Å². The molecule has 2 rings (SSSR count). The van der Waals surface area contributed by atoms with E-state index in [1.165, 1.54) is 25.5 Å². The van der Waals surface area contributed by atoms with Crippen molar-refractivity contribution < 1.29 is 9.53 Å². The smallest absolute Gasteiger partial charge is 0.337 e. The van der Waals surface area contributed by atoms with Gasteiger partial charge in [-0.25, -0.2) is 4.79 Å². The number of piperidine rings is 1. The molecule has 1 fully saturated rings. The van der Waals surface area contributed by atoms with Crippen LogP contribution in [-0.2, 0) is 11.3 Å². The Morgan fingerprint density at radius 2 is 2.10 bits per heavy atom. The minimum absolute atomic E-state index is 0. The van der Waals surface area contributed by atoms with Crippen LogP contribution in [0.5, 0.6) is 0 Å². The van der Waals surface area contributed by atoms with Gasteiger partial charge in [-0.3, -0.25) is 4.90 Å². The Hall–Kier alpha value is -1.10. The van der Waals surface area contributed by atoms with E-state index in [0.717, 1.165) is 38.5 Å². The number of nitrogens with two attached hydrogens (primary N) is 1. The maximum absolute atomic E-state index is 11.4. The van der Waals surface area contributed by atoms with Crippen molar-refractivity contribution in [1.29, 1.82) is 0 Å². The first-order valence-corrected chi connectivity index (χ1v) is 7.32. The van der Waals surface area contributed by atoms with Crippen molar-refractivity contribution in [2.24, 2.45) is 11.7 Å². The normalized spacial score (nSPS) is 18.9. The van der Waals surface area contributed by atoms with Gasteiger partial charge in [0.05, 0.1) is 12.7 Å². The van der Waals surface area contributed by atoms with Gasteiger partial charge >= 0.3 is 5.97 Å². The van der Waals surface area contributed by atoms with Gasteiger partial charge in [-0.1, -0.05) is 12.1 Å². The van der Waals surface area contributed by atoms with Gasteiger partial charge in [-0.05, 0) is 56.0 Å². The van der Waals surface area contributed by atoms with Crippen molar-refractivity contribution in [2.45, 2.75) is 25.8 Å². The van der Waals surface area contributed by atoms with E-state index in [4.69, 9.17) is 10.5 Å². The maximum Gasteiger partial charge on any atom is 0.337 e. The van der Waals surface area contributed by atoms with Crippen LogP contribution >= 0.6 is 12.4 Å². The number of carbonyl (C=O) groups excluding carboxylic acids is 1. The van der Waals surface area contributed by atoms with Crippen LogP contribution in [0.4, 0.5) is 0 Å². The molecule has 0 spiro atoms. The van der Waals surface area contributed by atoms with Gasteiger partial charge in [0.1, 0.15) is 0 Å². The summed E-state index contributed by atoms with van der Waals surface area (Å²) in [6.07, 6.45) is 3.68. The fourth-order valence-corrected chi connectivity index (χ4v) is 2.89. The minimum Gasteiger partial charge on any atom is -0.465 e. The van der Waals surface area contributed by atoms with E-state index in [1.807, 2.05) is 24.3 Å². The number of benzene rings is 1. The molecule has 1 aliphatic heterocycles. The summed E-state index contributed by atoms with van der Waals surface area (Å²) < 4.78 is 4.71. The van der Waals surface area contributed by atoms with Crippen LogP contribution in [-0.4, -0.2) is 37.6 Å². The Bertz CT molecular complexity index is 434. The molecule has 0 amide bonds. The molecule has 1 heterocycles. The van der Waals surface area contributed by atoms with Crippen molar-refractivity contribution in [1.82, 2.24) is 4.90 Å². The highest BCUT2D eigenvalue weighted by Gasteiger charge is 2.19. The quantitative estimate of drug-likeness (QED) is 0.849. The standard InChI is InChI=1S/C16H24N2O2.ClH/c1-20-16(19)15-6-4-14(5-7-15)12-18-10-2-3-13(11-18)8-9-17;/h4-7,13H,2-3,8-12,17H2,1H3;1H. The third kappa shape index (κ3) is 5.30. The number of nitrogens with zero attached hydrogens (tertiary/aromatic N) is 1.